The van der Waals surface area contributed by atoms with E-state index in [4.69, 9.17) is 5.11 Å². The van der Waals surface area contributed by atoms with Crippen LogP contribution in [0, 0.1) is 5.82 Å². The predicted molar refractivity (Wildman–Crippen MR) is 60.5 cm³/mol. The minimum Gasteiger partial charge on any atom is -0.394 e. The zero-order valence-electron chi connectivity index (χ0n) is 9.36. The molecular weight excluding hydrogens is 209 g/mol. The monoisotopic (exact) mass is 227 g/mol. The van der Waals surface area contributed by atoms with Gasteiger partial charge < -0.3 is 15.5 Å². The number of aliphatic hydroxyl groups is 2. The molecular formula is C12H18FNO2. The standard InChI is InChI=1S/C12H18FNO2/c1-2-12(14-7-11(16)8-15)9-4-3-5-10(13)6-9/h3-6,11-12,14-16H,2,7-8H2,1H3. The summed E-state index contributed by atoms with van der Waals surface area (Å²) in [6, 6.07) is 6.38. The van der Waals surface area contributed by atoms with Gasteiger partial charge in [0.05, 0.1) is 12.7 Å². The average molecular weight is 227 g/mol. The van der Waals surface area contributed by atoms with Gasteiger partial charge in [-0.2, -0.15) is 0 Å². The van der Waals surface area contributed by atoms with E-state index in [1.165, 1.54) is 12.1 Å². The second kappa shape index (κ2) is 6.58. The second-order valence-electron chi connectivity index (χ2n) is 3.76. The first-order valence-electron chi connectivity index (χ1n) is 5.45. The van der Waals surface area contributed by atoms with Gasteiger partial charge in [-0.05, 0) is 24.1 Å². The Bertz CT molecular complexity index is 320. The minimum absolute atomic E-state index is 0.00287. The van der Waals surface area contributed by atoms with Crippen molar-refractivity contribution in [1.29, 1.82) is 0 Å². The van der Waals surface area contributed by atoms with Crippen LogP contribution in [-0.4, -0.2) is 29.5 Å². The first-order chi connectivity index (χ1) is 7.67. The molecule has 2 unspecified atom stereocenters. The van der Waals surface area contributed by atoms with Crippen molar-refractivity contribution in [1.82, 2.24) is 5.32 Å². The van der Waals surface area contributed by atoms with Gasteiger partial charge in [-0.1, -0.05) is 19.1 Å². The molecule has 0 spiro atoms. The van der Waals surface area contributed by atoms with E-state index in [1.807, 2.05) is 13.0 Å². The lowest BCUT2D eigenvalue weighted by Crippen LogP contribution is -2.32. The van der Waals surface area contributed by atoms with Crippen LogP contribution < -0.4 is 5.32 Å². The van der Waals surface area contributed by atoms with Crippen molar-refractivity contribution in [3.8, 4) is 0 Å². The Kier molecular flexibility index (Phi) is 5.38. The van der Waals surface area contributed by atoms with Crippen LogP contribution in [0.3, 0.4) is 0 Å². The van der Waals surface area contributed by atoms with E-state index in [0.29, 0.717) is 6.54 Å². The number of halogens is 1. The molecule has 0 bridgehead atoms. The number of rotatable bonds is 6. The van der Waals surface area contributed by atoms with Gasteiger partial charge in [-0.3, -0.25) is 0 Å². The molecule has 3 N–H and O–H groups in total. The molecule has 1 aromatic carbocycles. The van der Waals surface area contributed by atoms with Crippen LogP contribution in [0.2, 0.25) is 0 Å². The average Bonchev–Trinajstić information content (AvgIpc) is 2.29. The van der Waals surface area contributed by atoms with Crippen LogP contribution in [0.1, 0.15) is 24.9 Å². The van der Waals surface area contributed by atoms with E-state index in [1.54, 1.807) is 6.07 Å². The summed E-state index contributed by atoms with van der Waals surface area (Å²) in [6.07, 6.45) is 0.0179. The molecule has 0 saturated carbocycles. The Labute approximate surface area is 94.9 Å². The van der Waals surface area contributed by atoms with Gasteiger partial charge >= 0.3 is 0 Å². The third-order valence-corrected chi connectivity index (χ3v) is 2.47. The Morgan fingerprint density at radius 2 is 2.19 bits per heavy atom. The van der Waals surface area contributed by atoms with Crippen LogP contribution in [-0.2, 0) is 0 Å². The number of hydrogen-bond donors (Lipinski definition) is 3. The maximum Gasteiger partial charge on any atom is 0.123 e. The van der Waals surface area contributed by atoms with Gasteiger partial charge in [0.25, 0.3) is 0 Å². The van der Waals surface area contributed by atoms with E-state index in [2.05, 4.69) is 5.32 Å². The number of nitrogens with one attached hydrogen (secondary N) is 1. The first kappa shape index (κ1) is 13.1. The molecule has 90 valence electrons. The lowest BCUT2D eigenvalue weighted by atomic mass is 10.0. The molecule has 0 aromatic heterocycles. The highest BCUT2D eigenvalue weighted by Gasteiger charge is 2.11. The fraction of sp³-hybridized carbons (Fsp3) is 0.500. The lowest BCUT2D eigenvalue weighted by Gasteiger charge is -2.19. The van der Waals surface area contributed by atoms with Gasteiger partial charge in [0, 0.05) is 12.6 Å². The maximum absolute atomic E-state index is 13.0. The molecule has 4 heteroatoms. The number of aliphatic hydroxyl groups excluding tert-OH is 2. The molecule has 16 heavy (non-hydrogen) atoms. The molecule has 0 aliphatic rings. The van der Waals surface area contributed by atoms with E-state index in [0.717, 1.165) is 12.0 Å². The quantitative estimate of drug-likeness (QED) is 0.685. The minimum atomic E-state index is -0.775. The van der Waals surface area contributed by atoms with E-state index >= 15 is 0 Å². The van der Waals surface area contributed by atoms with Crippen molar-refractivity contribution >= 4 is 0 Å². The van der Waals surface area contributed by atoms with Gasteiger partial charge in [0.15, 0.2) is 0 Å². The summed E-state index contributed by atoms with van der Waals surface area (Å²) in [7, 11) is 0. The van der Waals surface area contributed by atoms with Crippen LogP contribution in [0.15, 0.2) is 24.3 Å². The highest BCUT2D eigenvalue weighted by Crippen LogP contribution is 2.17. The Balaban J connectivity index is 2.60. The van der Waals surface area contributed by atoms with E-state index in [9.17, 15) is 9.50 Å². The smallest absolute Gasteiger partial charge is 0.123 e. The number of benzene rings is 1. The highest BCUT2D eigenvalue weighted by atomic mass is 19.1. The Morgan fingerprint density at radius 3 is 2.75 bits per heavy atom. The first-order valence-corrected chi connectivity index (χ1v) is 5.45. The number of hydrogen-bond acceptors (Lipinski definition) is 3. The van der Waals surface area contributed by atoms with Crippen LogP contribution >= 0.6 is 0 Å². The van der Waals surface area contributed by atoms with E-state index in [-0.39, 0.29) is 18.5 Å². The molecule has 0 aliphatic carbocycles. The van der Waals surface area contributed by atoms with Crippen molar-refractivity contribution in [3.05, 3.63) is 35.6 Å². The van der Waals surface area contributed by atoms with E-state index < -0.39 is 6.10 Å². The second-order valence-corrected chi connectivity index (χ2v) is 3.76. The van der Waals surface area contributed by atoms with Gasteiger partial charge in [0.2, 0.25) is 0 Å². The summed E-state index contributed by atoms with van der Waals surface area (Å²) >= 11 is 0. The normalized spacial score (nSPS) is 14.8. The SMILES string of the molecule is CCC(NCC(O)CO)c1cccc(F)c1. The summed E-state index contributed by atoms with van der Waals surface area (Å²) in [5, 5.41) is 21.0. The third kappa shape index (κ3) is 3.89. The van der Waals surface area contributed by atoms with Crippen LogP contribution in [0.4, 0.5) is 4.39 Å². The van der Waals surface area contributed by atoms with Crippen molar-refractivity contribution in [2.75, 3.05) is 13.2 Å². The zero-order chi connectivity index (χ0) is 12.0. The van der Waals surface area contributed by atoms with Crippen molar-refractivity contribution in [2.24, 2.45) is 0 Å². The third-order valence-electron chi connectivity index (χ3n) is 2.47. The predicted octanol–water partition coefficient (Wildman–Crippen LogP) is 1.22. The molecule has 0 amide bonds. The van der Waals surface area contributed by atoms with Gasteiger partial charge in [-0.15, -0.1) is 0 Å². The van der Waals surface area contributed by atoms with Crippen LogP contribution in [0.25, 0.3) is 0 Å². The molecule has 1 aromatic rings. The largest absolute Gasteiger partial charge is 0.394 e. The van der Waals surface area contributed by atoms with Crippen molar-refractivity contribution in [3.63, 3.8) is 0 Å². The van der Waals surface area contributed by atoms with Crippen molar-refractivity contribution < 1.29 is 14.6 Å². The van der Waals surface area contributed by atoms with Crippen molar-refractivity contribution in [2.45, 2.75) is 25.5 Å². The molecule has 0 saturated heterocycles. The summed E-state index contributed by atoms with van der Waals surface area (Å²) in [5.74, 6) is -0.263. The molecule has 3 nitrogen and oxygen atoms in total. The zero-order valence-corrected chi connectivity index (χ0v) is 9.36. The van der Waals surface area contributed by atoms with Crippen LogP contribution in [0.5, 0.6) is 0 Å². The summed E-state index contributed by atoms with van der Waals surface area (Å²) < 4.78 is 13.0. The molecule has 1 rings (SSSR count). The molecule has 0 radical (unpaired) electrons. The van der Waals surface area contributed by atoms with Gasteiger partial charge in [-0.25, -0.2) is 4.39 Å². The topological polar surface area (TPSA) is 52.5 Å². The molecule has 0 heterocycles. The Morgan fingerprint density at radius 1 is 1.44 bits per heavy atom. The summed E-state index contributed by atoms with van der Waals surface area (Å²) in [6.45, 7) is 2.01. The summed E-state index contributed by atoms with van der Waals surface area (Å²) in [5.41, 5.74) is 0.854. The fourth-order valence-corrected chi connectivity index (χ4v) is 1.56. The molecule has 2 atom stereocenters. The highest BCUT2D eigenvalue weighted by molar-refractivity contribution is 5.20. The van der Waals surface area contributed by atoms with Gasteiger partial charge in [0.1, 0.15) is 5.82 Å². The molecule has 0 aliphatic heterocycles. The lowest BCUT2D eigenvalue weighted by molar-refractivity contribution is 0.0917. The summed E-state index contributed by atoms with van der Waals surface area (Å²) in [4.78, 5) is 0. The Hall–Kier alpha value is -0.970. The maximum atomic E-state index is 13.0. The fourth-order valence-electron chi connectivity index (χ4n) is 1.56. The molecule has 0 fully saturated rings.